The second kappa shape index (κ2) is 4.81. The molecule has 1 aliphatic rings. The Balaban J connectivity index is 2.44. The van der Waals surface area contributed by atoms with E-state index in [0.29, 0.717) is 11.3 Å². The van der Waals surface area contributed by atoms with E-state index in [9.17, 15) is 9.59 Å². The number of nitrogens with zero attached hydrogens (tertiary/aromatic N) is 1. The van der Waals surface area contributed by atoms with E-state index in [1.54, 1.807) is 18.2 Å². The van der Waals surface area contributed by atoms with E-state index >= 15 is 0 Å². The third-order valence-corrected chi connectivity index (χ3v) is 2.52. The van der Waals surface area contributed by atoms with Crippen LogP contribution in [0.3, 0.4) is 0 Å². The van der Waals surface area contributed by atoms with Gasteiger partial charge in [-0.25, -0.2) is 4.90 Å². The molecule has 0 aromatic heterocycles. The summed E-state index contributed by atoms with van der Waals surface area (Å²) in [5.74, 6) is 5.26. The van der Waals surface area contributed by atoms with Crippen molar-refractivity contribution in [1.82, 2.24) is 0 Å². The van der Waals surface area contributed by atoms with Crippen molar-refractivity contribution in [2.75, 3.05) is 11.4 Å². The number of para-hydroxylation sites is 1. The number of anilines is 1. The summed E-state index contributed by atoms with van der Waals surface area (Å²) in [7, 11) is 0. The normalized spacial score (nSPS) is 14.8. The van der Waals surface area contributed by atoms with Crippen LogP contribution in [0, 0.1) is 11.8 Å². The number of hydrogen-bond donors (Lipinski definition) is 1. The fourth-order valence-corrected chi connectivity index (χ4v) is 1.77. The fourth-order valence-electron chi connectivity index (χ4n) is 1.77. The minimum absolute atomic E-state index is 0.169. The van der Waals surface area contributed by atoms with E-state index in [2.05, 4.69) is 11.8 Å². The largest absolute Gasteiger partial charge is 0.320 e. The average Bonchev–Trinajstić information content (AvgIpc) is 2.67. The van der Waals surface area contributed by atoms with E-state index in [0.717, 1.165) is 0 Å². The number of nitrogens with two attached hydrogens (primary N) is 1. The molecule has 17 heavy (non-hydrogen) atoms. The molecule has 0 spiro atoms. The summed E-state index contributed by atoms with van der Waals surface area (Å²) in [5.41, 5.74) is 6.52. The van der Waals surface area contributed by atoms with Gasteiger partial charge in [0.05, 0.1) is 12.2 Å². The highest BCUT2D eigenvalue weighted by Crippen LogP contribution is 2.25. The van der Waals surface area contributed by atoms with Gasteiger partial charge in [-0.05, 0) is 12.1 Å². The third kappa shape index (κ3) is 2.19. The molecular formula is C13H12N2O2. The Morgan fingerprint density at radius 1 is 1.18 bits per heavy atom. The van der Waals surface area contributed by atoms with Crippen LogP contribution in [0.25, 0.3) is 0 Å². The SMILES string of the molecule is NCC#Cc1ccccc1N1C(=O)CCC1=O. The maximum atomic E-state index is 11.6. The standard InChI is InChI=1S/C13H12N2O2/c14-9-3-5-10-4-1-2-6-11(10)15-12(16)7-8-13(15)17/h1-2,4,6H,7-9,14H2. The number of benzene rings is 1. The Morgan fingerprint density at radius 2 is 1.82 bits per heavy atom. The molecule has 1 aliphatic heterocycles. The molecule has 0 radical (unpaired) electrons. The van der Waals surface area contributed by atoms with E-state index in [1.807, 2.05) is 6.07 Å². The quantitative estimate of drug-likeness (QED) is 0.567. The number of rotatable bonds is 1. The van der Waals surface area contributed by atoms with Gasteiger partial charge >= 0.3 is 0 Å². The zero-order valence-corrected chi connectivity index (χ0v) is 9.27. The van der Waals surface area contributed by atoms with Gasteiger partial charge in [-0.2, -0.15) is 0 Å². The maximum absolute atomic E-state index is 11.6. The Morgan fingerprint density at radius 3 is 2.47 bits per heavy atom. The molecule has 1 aromatic rings. The molecule has 2 amide bonds. The Kier molecular flexibility index (Phi) is 3.22. The highest BCUT2D eigenvalue weighted by atomic mass is 16.2. The van der Waals surface area contributed by atoms with E-state index in [4.69, 9.17) is 5.73 Å². The first-order valence-corrected chi connectivity index (χ1v) is 5.38. The molecule has 0 atom stereocenters. The lowest BCUT2D eigenvalue weighted by Gasteiger charge is -2.15. The lowest BCUT2D eigenvalue weighted by Crippen LogP contribution is -2.29. The number of carbonyl (C=O) groups excluding carboxylic acids is 2. The summed E-state index contributed by atoms with van der Waals surface area (Å²) < 4.78 is 0. The van der Waals surface area contributed by atoms with Crippen LogP contribution in [-0.2, 0) is 9.59 Å². The van der Waals surface area contributed by atoms with Gasteiger partial charge in [0, 0.05) is 18.4 Å². The van der Waals surface area contributed by atoms with Crippen LogP contribution in [0.5, 0.6) is 0 Å². The number of amides is 2. The van der Waals surface area contributed by atoms with Crippen LogP contribution in [0.1, 0.15) is 18.4 Å². The lowest BCUT2D eigenvalue weighted by atomic mass is 10.1. The predicted molar refractivity (Wildman–Crippen MR) is 64.1 cm³/mol. The zero-order chi connectivity index (χ0) is 12.3. The van der Waals surface area contributed by atoms with Crippen molar-refractivity contribution in [2.24, 2.45) is 5.73 Å². The molecule has 1 heterocycles. The van der Waals surface area contributed by atoms with Crippen LogP contribution < -0.4 is 10.6 Å². The van der Waals surface area contributed by atoms with Gasteiger partial charge in [0.2, 0.25) is 11.8 Å². The highest BCUT2D eigenvalue weighted by molar-refractivity contribution is 6.20. The summed E-state index contributed by atoms with van der Waals surface area (Å²) in [4.78, 5) is 24.5. The molecule has 2 rings (SSSR count). The molecule has 1 fully saturated rings. The lowest BCUT2D eigenvalue weighted by molar-refractivity contribution is -0.121. The second-order valence-corrected chi connectivity index (χ2v) is 3.65. The topological polar surface area (TPSA) is 63.4 Å². The third-order valence-electron chi connectivity index (χ3n) is 2.52. The molecule has 1 aromatic carbocycles. The Labute approximate surface area is 99.4 Å². The van der Waals surface area contributed by atoms with Crippen molar-refractivity contribution in [1.29, 1.82) is 0 Å². The van der Waals surface area contributed by atoms with Crippen molar-refractivity contribution in [2.45, 2.75) is 12.8 Å². The molecule has 0 saturated carbocycles. The highest BCUT2D eigenvalue weighted by Gasteiger charge is 2.31. The first kappa shape index (κ1) is 11.4. The maximum Gasteiger partial charge on any atom is 0.234 e. The molecular weight excluding hydrogens is 216 g/mol. The number of carbonyl (C=O) groups is 2. The first-order chi connectivity index (χ1) is 8.24. The summed E-state index contributed by atoms with van der Waals surface area (Å²) in [6.07, 6.45) is 0.551. The fraction of sp³-hybridized carbons (Fsp3) is 0.231. The monoisotopic (exact) mass is 228 g/mol. The number of imide groups is 1. The molecule has 1 saturated heterocycles. The van der Waals surface area contributed by atoms with Crippen molar-refractivity contribution in [3.05, 3.63) is 29.8 Å². The summed E-state index contributed by atoms with van der Waals surface area (Å²) in [6.45, 7) is 0.246. The van der Waals surface area contributed by atoms with Gasteiger partial charge in [-0.15, -0.1) is 0 Å². The molecule has 4 nitrogen and oxygen atoms in total. The first-order valence-electron chi connectivity index (χ1n) is 5.38. The van der Waals surface area contributed by atoms with Crippen LogP contribution >= 0.6 is 0 Å². The van der Waals surface area contributed by atoms with Crippen molar-refractivity contribution in [3.8, 4) is 11.8 Å². The zero-order valence-electron chi connectivity index (χ0n) is 9.27. The molecule has 0 unspecified atom stereocenters. The number of hydrogen-bond acceptors (Lipinski definition) is 3. The van der Waals surface area contributed by atoms with Crippen molar-refractivity contribution >= 4 is 17.5 Å². The van der Waals surface area contributed by atoms with Crippen LogP contribution in [-0.4, -0.2) is 18.4 Å². The summed E-state index contributed by atoms with van der Waals surface area (Å²) >= 11 is 0. The van der Waals surface area contributed by atoms with Gasteiger partial charge in [0.1, 0.15) is 0 Å². The average molecular weight is 228 g/mol. The minimum Gasteiger partial charge on any atom is -0.320 e. The molecule has 0 bridgehead atoms. The van der Waals surface area contributed by atoms with Gasteiger partial charge in [0.25, 0.3) is 0 Å². The summed E-state index contributed by atoms with van der Waals surface area (Å²) in [6, 6.07) is 7.09. The summed E-state index contributed by atoms with van der Waals surface area (Å²) in [5, 5.41) is 0. The van der Waals surface area contributed by atoms with Gasteiger partial charge < -0.3 is 5.73 Å². The predicted octanol–water partition coefficient (Wildman–Crippen LogP) is 0.650. The van der Waals surface area contributed by atoms with Crippen LogP contribution in [0.4, 0.5) is 5.69 Å². The molecule has 86 valence electrons. The molecule has 4 heteroatoms. The minimum atomic E-state index is -0.169. The van der Waals surface area contributed by atoms with E-state index in [-0.39, 0.29) is 31.2 Å². The van der Waals surface area contributed by atoms with E-state index in [1.165, 1.54) is 4.90 Å². The van der Waals surface area contributed by atoms with E-state index < -0.39 is 0 Å². The molecule has 2 N–H and O–H groups in total. The van der Waals surface area contributed by atoms with Crippen molar-refractivity contribution in [3.63, 3.8) is 0 Å². The second-order valence-electron chi connectivity index (χ2n) is 3.65. The van der Waals surface area contributed by atoms with Gasteiger partial charge in [0.15, 0.2) is 0 Å². The Hall–Kier alpha value is -2.12. The van der Waals surface area contributed by atoms with Crippen molar-refractivity contribution < 1.29 is 9.59 Å². The molecule has 0 aliphatic carbocycles. The Bertz CT molecular complexity index is 510. The van der Waals surface area contributed by atoms with Gasteiger partial charge in [-0.3, -0.25) is 9.59 Å². The smallest absolute Gasteiger partial charge is 0.234 e. The van der Waals surface area contributed by atoms with Crippen LogP contribution in [0.15, 0.2) is 24.3 Å². The van der Waals surface area contributed by atoms with Gasteiger partial charge in [-0.1, -0.05) is 24.0 Å². The van der Waals surface area contributed by atoms with Crippen LogP contribution in [0.2, 0.25) is 0 Å².